The molecule has 0 radical (unpaired) electrons. The van der Waals surface area contributed by atoms with E-state index in [1.165, 1.54) is 6.92 Å². The molecule has 2 heterocycles. The lowest BCUT2D eigenvalue weighted by atomic mass is 10.0. The number of unbranched alkanes of at least 4 members (excludes halogenated alkanes) is 1. The number of carbonyl (C=O) groups is 4. The van der Waals surface area contributed by atoms with Gasteiger partial charge in [0, 0.05) is 13.1 Å². The molecule has 0 aliphatic carbocycles. The van der Waals surface area contributed by atoms with Gasteiger partial charge in [-0.1, -0.05) is 19.8 Å². The number of Topliss-reactive ketones (excluding diaryl/α,β-unsaturated/α-hetero) is 2. The van der Waals surface area contributed by atoms with E-state index < -0.39 is 18.1 Å². The molecule has 2 rings (SSSR count). The maximum Gasteiger partial charge on any atom is 0.237 e. The molecular formula is C17H28N4O4. The van der Waals surface area contributed by atoms with Crippen molar-refractivity contribution in [2.24, 2.45) is 0 Å². The summed E-state index contributed by atoms with van der Waals surface area (Å²) in [5.41, 5.74) is 0. The van der Waals surface area contributed by atoms with Crippen molar-refractivity contribution in [3.8, 4) is 0 Å². The first kappa shape index (κ1) is 19.5. The monoisotopic (exact) mass is 352 g/mol. The van der Waals surface area contributed by atoms with Gasteiger partial charge >= 0.3 is 0 Å². The fourth-order valence-electron chi connectivity index (χ4n) is 3.15. The Morgan fingerprint density at radius 1 is 1.16 bits per heavy atom. The molecule has 0 aromatic heterocycles. The third-order valence-corrected chi connectivity index (χ3v) is 4.95. The molecule has 0 aromatic rings. The van der Waals surface area contributed by atoms with Gasteiger partial charge in [-0.15, -0.1) is 0 Å². The predicted molar refractivity (Wildman–Crippen MR) is 91.9 cm³/mol. The summed E-state index contributed by atoms with van der Waals surface area (Å²) in [6.07, 6.45) is 2.73. The molecule has 25 heavy (non-hydrogen) atoms. The zero-order chi connectivity index (χ0) is 18.6. The van der Waals surface area contributed by atoms with Crippen LogP contribution in [-0.2, 0) is 19.2 Å². The van der Waals surface area contributed by atoms with Gasteiger partial charge in [0.15, 0.2) is 11.6 Å². The maximum absolute atomic E-state index is 12.5. The summed E-state index contributed by atoms with van der Waals surface area (Å²) in [6, 6.07) is -1.91. The molecule has 2 amide bonds. The fourth-order valence-corrected chi connectivity index (χ4v) is 3.15. The van der Waals surface area contributed by atoms with Crippen molar-refractivity contribution in [3.63, 3.8) is 0 Å². The van der Waals surface area contributed by atoms with Crippen LogP contribution in [-0.4, -0.2) is 72.1 Å². The van der Waals surface area contributed by atoms with Gasteiger partial charge in [0.1, 0.15) is 6.04 Å². The topological polar surface area (TPSA) is 108 Å². The predicted octanol–water partition coefficient (Wildman–Crippen LogP) is -1.02. The van der Waals surface area contributed by atoms with Crippen molar-refractivity contribution < 1.29 is 19.2 Å². The van der Waals surface area contributed by atoms with Gasteiger partial charge < -0.3 is 16.0 Å². The number of hydrogen-bond acceptors (Lipinski definition) is 6. The molecule has 2 saturated heterocycles. The summed E-state index contributed by atoms with van der Waals surface area (Å²) in [4.78, 5) is 49.9. The fraction of sp³-hybridized carbons (Fsp3) is 0.765. The Balaban J connectivity index is 1.92. The van der Waals surface area contributed by atoms with Crippen molar-refractivity contribution in [2.45, 2.75) is 64.2 Å². The Morgan fingerprint density at radius 2 is 1.84 bits per heavy atom. The average Bonchev–Trinajstić information content (AvgIpc) is 2.57. The number of amides is 2. The summed E-state index contributed by atoms with van der Waals surface area (Å²) in [5, 5.41) is 8.57. The highest BCUT2D eigenvalue weighted by Gasteiger charge is 2.37. The number of nitrogens with one attached hydrogen (secondary N) is 3. The van der Waals surface area contributed by atoms with Crippen LogP contribution >= 0.6 is 0 Å². The number of rotatable bonds is 7. The number of hydrogen-bond donors (Lipinski definition) is 3. The van der Waals surface area contributed by atoms with E-state index in [1.807, 2.05) is 0 Å². The van der Waals surface area contributed by atoms with Crippen LogP contribution < -0.4 is 16.0 Å². The minimum absolute atomic E-state index is 0.0324. The summed E-state index contributed by atoms with van der Waals surface area (Å²) < 4.78 is 0. The molecule has 2 aliphatic rings. The highest BCUT2D eigenvalue weighted by atomic mass is 16.2. The Kier molecular flexibility index (Phi) is 6.66. The first-order valence-corrected chi connectivity index (χ1v) is 8.94. The normalized spacial score (nSPS) is 30.5. The standard InChI is InChI=1S/C17H28N4O4/c1-4-5-6-12-17(25)19-13(7-18-12)15(23)9-21-8-14(11(3)22)20-16(24)10(21)2/h10,12-14,18H,4-9H2,1-3H3,(H,19,25)(H,20,24)/t10?,12-,13+,14+/m0/s1. The second-order valence-corrected chi connectivity index (χ2v) is 6.91. The summed E-state index contributed by atoms with van der Waals surface area (Å²) in [6.45, 7) is 5.92. The van der Waals surface area contributed by atoms with E-state index in [9.17, 15) is 19.2 Å². The summed E-state index contributed by atoms with van der Waals surface area (Å²) in [7, 11) is 0. The van der Waals surface area contributed by atoms with Crippen LogP contribution in [0.25, 0.3) is 0 Å². The van der Waals surface area contributed by atoms with Crippen LogP contribution in [0.1, 0.15) is 40.0 Å². The molecule has 4 atom stereocenters. The van der Waals surface area contributed by atoms with Crippen molar-refractivity contribution in [2.75, 3.05) is 19.6 Å². The van der Waals surface area contributed by atoms with Gasteiger partial charge in [0.2, 0.25) is 11.8 Å². The Bertz CT molecular complexity index is 551. The van der Waals surface area contributed by atoms with Crippen LogP contribution in [0.5, 0.6) is 0 Å². The van der Waals surface area contributed by atoms with Crippen molar-refractivity contribution in [1.29, 1.82) is 0 Å². The Morgan fingerprint density at radius 3 is 2.44 bits per heavy atom. The SMILES string of the molecule is CCCC[C@@H]1NC[C@H](C(=O)CN2C[C@H](C(C)=O)NC(=O)C2C)NC1=O. The van der Waals surface area contributed by atoms with E-state index in [4.69, 9.17) is 0 Å². The van der Waals surface area contributed by atoms with Crippen LogP contribution in [0.15, 0.2) is 0 Å². The molecule has 3 N–H and O–H groups in total. The maximum atomic E-state index is 12.5. The van der Waals surface area contributed by atoms with Gasteiger partial charge in [-0.25, -0.2) is 0 Å². The molecular weight excluding hydrogens is 324 g/mol. The quantitative estimate of drug-likeness (QED) is 0.541. The van der Waals surface area contributed by atoms with Gasteiger partial charge in [-0.05, 0) is 20.3 Å². The zero-order valence-corrected chi connectivity index (χ0v) is 15.1. The van der Waals surface area contributed by atoms with Gasteiger partial charge in [0.25, 0.3) is 0 Å². The molecule has 8 nitrogen and oxygen atoms in total. The van der Waals surface area contributed by atoms with E-state index in [-0.39, 0.29) is 36.0 Å². The molecule has 1 unspecified atom stereocenters. The number of ketones is 2. The molecule has 8 heteroatoms. The third kappa shape index (κ3) is 4.85. The van der Waals surface area contributed by atoms with Crippen LogP contribution in [0.4, 0.5) is 0 Å². The van der Waals surface area contributed by atoms with Crippen molar-refractivity contribution in [3.05, 3.63) is 0 Å². The van der Waals surface area contributed by atoms with E-state index in [1.54, 1.807) is 11.8 Å². The lowest BCUT2D eigenvalue weighted by molar-refractivity contribution is -0.138. The summed E-state index contributed by atoms with van der Waals surface area (Å²) in [5.74, 6) is -0.698. The molecule has 0 bridgehead atoms. The number of piperazine rings is 2. The molecule has 140 valence electrons. The van der Waals surface area contributed by atoms with E-state index in [0.717, 1.165) is 19.3 Å². The van der Waals surface area contributed by atoms with E-state index >= 15 is 0 Å². The second kappa shape index (κ2) is 8.53. The average molecular weight is 352 g/mol. The highest BCUT2D eigenvalue weighted by Crippen LogP contribution is 2.11. The largest absolute Gasteiger partial charge is 0.344 e. The first-order chi connectivity index (χ1) is 11.8. The van der Waals surface area contributed by atoms with Crippen molar-refractivity contribution >= 4 is 23.4 Å². The molecule has 0 saturated carbocycles. The Hall–Kier alpha value is -1.80. The van der Waals surface area contributed by atoms with E-state index in [2.05, 4.69) is 22.9 Å². The minimum atomic E-state index is -0.599. The van der Waals surface area contributed by atoms with E-state index in [0.29, 0.717) is 13.1 Å². The highest BCUT2D eigenvalue weighted by molar-refractivity contribution is 5.95. The summed E-state index contributed by atoms with van der Waals surface area (Å²) >= 11 is 0. The van der Waals surface area contributed by atoms with Gasteiger partial charge in [-0.2, -0.15) is 0 Å². The van der Waals surface area contributed by atoms with Crippen LogP contribution in [0.2, 0.25) is 0 Å². The number of nitrogens with zero attached hydrogens (tertiary/aromatic N) is 1. The van der Waals surface area contributed by atoms with Crippen LogP contribution in [0.3, 0.4) is 0 Å². The molecule has 0 aromatic carbocycles. The third-order valence-electron chi connectivity index (χ3n) is 4.95. The lowest BCUT2D eigenvalue weighted by Crippen LogP contribution is -2.65. The van der Waals surface area contributed by atoms with Crippen LogP contribution in [0, 0.1) is 0 Å². The minimum Gasteiger partial charge on any atom is -0.344 e. The smallest absolute Gasteiger partial charge is 0.237 e. The Labute approximate surface area is 148 Å². The first-order valence-electron chi connectivity index (χ1n) is 8.94. The van der Waals surface area contributed by atoms with Gasteiger partial charge in [-0.3, -0.25) is 24.1 Å². The number of carbonyl (C=O) groups excluding carboxylic acids is 4. The molecule has 2 fully saturated rings. The molecule has 2 aliphatic heterocycles. The molecule has 0 spiro atoms. The van der Waals surface area contributed by atoms with Gasteiger partial charge in [0.05, 0.1) is 24.7 Å². The second-order valence-electron chi connectivity index (χ2n) is 6.91. The van der Waals surface area contributed by atoms with Crippen molar-refractivity contribution in [1.82, 2.24) is 20.9 Å². The zero-order valence-electron chi connectivity index (χ0n) is 15.1. The lowest BCUT2D eigenvalue weighted by Gasteiger charge is -2.37.